The fourth-order valence-corrected chi connectivity index (χ4v) is 1.36. The Morgan fingerprint density at radius 1 is 1.45 bits per heavy atom. The van der Waals surface area contributed by atoms with Gasteiger partial charge in [0.1, 0.15) is 0 Å². The van der Waals surface area contributed by atoms with Gasteiger partial charge in [0, 0.05) is 11.5 Å². The molecule has 0 N–H and O–H groups in total. The molecule has 0 spiro atoms. The first-order valence-electron chi connectivity index (χ1n) is 3.75. The molecule has 1 aliphatic heterocycles. The van der Waals surface area contributed by atoms with E-state index in [2.05, 4.69) is 17.1 Å². The van der Waals surface area contributed by atoms with Crippen molar-refractivity contribution in [3.63, 3.8) is 0 Å². The summed E-state index contributed by atoms with van der Waals surface area (Å²) in [6.45, 7) is 3.63. The lowest BCUT2D eigenvalue weighted by Gasteiger charge is -2.20. The molecule has 11 heavy (non-hydrogen) atoms. The molecule has 0 aromatic carbocycles. The summed E-state index contributed by atoms with van der Waals surface area (Å²) in [5.74, 6) is 0.467. The Morgan fingerprint density at radius 2 is 2.27 bits per heavy atom. The third-order valence-corrected chi connectivity index (χ3v) is 2.00. The van der Waals surface area contributed by atoms with Gasteiger partial charge in [0.05, 0.1) is 25.6 Å². The normalized spacial score (nSPS) is 22.8. The predicted octanol–water partition coefficient (Wildman–Crippen LogP) is 1.11. The molecule has 2 rings (SSSR count). The first kappa shape index (κ1) is 6.73. The van der Waals surface area contributed by atoms with Gasteiger partial charge >= 0.3 is 0 Å². The van der Waals surface area contributed by atoms with Crippen LogP contribution < -0.4 is 0 Å². The third-order valence-electron chi connectivity index (χ3n) is 2.00. The van der Waals surface area contributed by atoms with Crippen LogP contribution >= 0.6 is 0 Å². The number of hydrogen-bond acceptors (Lipinski definition) is 3. The smallest absolute Gasteiger partial charge is 0.0736 e. The van der Waals surface area contributed by atoms with Gasteiger partial charge in [0.25, 0.3) is 0 Å². The van der Waals surface area contributed by atoms with Crippen molar-refractivity contribution in [1.82, 2.24) is 10.2 Å². The zero-order valence-corrected chi connectivity index (χ0v) is 6.45. The minimum Gasteiger partial charge on any atom is -0.376 e. The highest BCUT2D eigenvalue weighted by atomic mass is 16.5. The lowest BCUT2D eigenvalue weighted by Crippen LogP contribution is -2.14. The van der Waals surface area contributed by atoms with Crippen LogP contribution in [0.5, 0.6) is 0 Å². The van der Waals surface area contributed by atoms with E-state index in [4.69, 9.17) is 4.74 Å². The van der Waals surface area contributed by atoms with E-state index in [1.54, 1.807) is 6.20 Å². The molecule has 1 aromatic rings. The van der Waals surface area contributed by atoms with Gasteiger partial charge in [-0.1, -0.05) is 6.92 Å². The minimum absolute atomic E-state index is 0.467. The van der Waals surface area contributed by atoms with E-state index < -0.39 is 0 Å². The number of rotatable bonds is 0. The largest absolute Gasteiger partial charge is 0.376 e. The number of aromatic nitrogens is 2. The average Bonchev–Trinajstić information content (AvgIpc) is 2.06. The summed E-state index contributed by atoms with van der Waals surface area (Å²) in [5.41, 5.74) is 2.46. The van der Waals surface area contributed by atoms with Gasteiger partial charge < -0.3 is 4.74 Å². The molecule has 0 saturated heterocycles. The van der Waals surface area contributed by atoms with E-state index in [1.807, 2.05) is 6.20 Å². The van der Waals surface area contributed by atoms with Crippen molar-refractivity contribution >= 4 is 0 Å². The van der Waals surface area contributed by atoms with Gasteiger partial charge in [-0.05, 0) is 5.56 Å². The number of fused-ring (bicyclic) bond motifs is 1. The maximum Gasteiger partial charge on any atom is 0.0736 e. The van der Waals surface area contributed by atoms with Gasteiger partial charge in [-0.3, -0.25) is 0 Å². The minimum atomic E-state index is 0.467. The Morgan fingerprint density at radius 3 is 3.09 bits per heavy atom. The monoisotopic (exact) mass is 150 g/mol. The van der Waals surface area contributed by atoms with Gasteiger partial charge in [0.2, 0.25) is 0 Å². The summed E-state index contributed by atoms with van der Waals surface area (Å²) in [6.07, 6.45) is 3.62. The van der Waals surface area contributed by atoms with Gasteiger partial charge in [-0.15, -0.1) is 0 Å². The van der Waals surface area contributed by atoms with Crippen molar-refractivity contribution in [2.24, 2.45) is 0 Å². The molecule has 0 radical (unpaired) electrons. The second kappa shape index (κ2) is 2.58. The lowest BCUT2D eigenvalue weighted by atomic mass is 9.98. The second-order valence-corrected chi connectivity index (χ2v) is 2.89. The summed E-state index contributed by atoms with van der Waals surface area (Å²) in [7, 11) is 0. The quantitative estimate of drug-likeness (QED) is 0.555. The highest BCUT2D eigenvalue weighted by Gasteiger charge is 2.16. The highest BCUT2D eigenvalue weighted by Crippen LogP contribution is 2.23. The Labute approximate surface area is 65.4 Å². The molecule has 0 saturated carbocycles. The molecule has 2 heterocycles. The Kier molecular flexibility index (Phi) is 1.58. The number of hydrogen-bond donors (Lipinski definition) is 0. The van der Waals surface area contributed by atoms with Crippen LogP contribution in [-0.2, 0) is 11.3 Å². The van der Waals surface area contributed by atoms with E-state index in [1.165, 1.54) is 11.1 Å². The molecule has 0 bridgehead atoms. The van der Waals surface area contributed by atoms with E-state index in [-0.39, 0.29) is 0 Å². The molecular formula is C8H10N2O. The van der Waals surface area contributed by atoms with Crippen molar-refractivity contribution in [3.05, 3.63) is 23.5 Å². The van der Waals surface area contributed by atoms with E-state index in [9.17, 15) is 0 Å². The van der Waals surface area contributed by atoms with Crippen molar-refractivity contribution in [2.45, 2.75) is 19.4 Å². The summed E-state index contributed by atoms with van der Waals surface area (Å²) in [4.78, 5) is 0. The fraction of sp³-hybridized carbons (Fsp3) is 0.500. The molecule has 0 aliphatic carbocycles. The van der Waals surface area contributed by atoms with Crippen LogP contribution in [0.25, 0.3) is 0 Å². The lowest BCUT2D eigenvalue weighted by molar-refractivity contribution is 0.0944. The first-order valence-corrected chi connectivity index (χ1v) is 3.75. The van der Waals surface area contributed by atoms with E-state index >= 15 is 0 Å². The SMILES string of the molecule is CC1COCc2cnncc21. The standard InChI is InChI=1S/C8H10N2O/c1-6-4-11-5-7-2-9-10-3-8(6)7/h2-3,6H,4-5H2,1H3. The summed E-state index contributed by atoms with van der Waals surface area (Å²) in [5, 5.41) is 7.65. The Hall–Kier alpha value is -0.960. The van der Waals surface area contributed by atoms with Crippen LogP contribution in [0.2, 0.25) is 0 Å². The summed E-state index contributed by atoms with van der Waals surface area (Å²) in [6, 6.07) is 0. The number of ether oxygens (including phenoxy) is 1. The maximum absolute atomic E-state index is 5.34. The molecule has 1 atom stereocenters. The van der Waals surface area contributed by atoms with Gasteiger partial charge in [-0.25, -0.2) is 0 Å². The van der Waals surface area contributed by atoms with Crippen molar-refractivity contribution in [1.29, 1.82) is 0 Å². The molecule has 3 heteroatoms. The van der Waals surface area contributed by atoms with Crippen LogP contribution in [0, 0.1) is 0 Å². The van der Waals surface area contributed by atoms with Crippen molar-refractivity contribution < 1.29 is 4.74 Å². The molecule has 3 nitrogen and oxygen atoms in total. The van der Waals surface area contributed by atoms with Crippen LogP contribution in [0.4, 0.5) is 0 Å². The molecule has 58 valence electrons. The fourth-order valence-electron chi connectivity index (χ4n) is 1.36. The van der Waals surface area contributed by atoms with E-state index in [0.717, 1.165) is 6.61 Å². The second-order valence-electron chi connectivity index (χ2n) is 2.89. The summed E-state index contributed by atoms with van der Waals surface area (Å²) >= 11 is 0. The maximum atomic E-state index is 5.34. The van der Waals surface area contributed by atoms with Crippen LogP contribution in [0.3, 0.4) is 0 Å². The highest BCUT2D eigenvalue weighted by molar-refractivity contribution is 5.25. The van der Waals surface area contributed by atoms with Crippen LogP contribution in [0.15, 0.2) is 12.4 Å². The Balaban J connectivity index is 2.44. The van der Waals surface area contributed by atoms with Crippen molar-refractivity contribution in [2.75, 3.05) is 6.61 Å². The molecular weight excluding hydrogens is 140 g/mol. The zero-order chi connectivity index (χ0) is 7.68. The average molecular weight is 150 g/mol. The first-order chi connectivity index (χ1) is 5.38. The molecule has 1 aliphatic rings. The zero-order valence-electron chi connectivity index (χ0n) is 6.45. The van der Waals surface area contributed by atoms with Crippen LogP contribution in [0.1, 0.15) is 24.0 Å². The van der Waals surface area contributed by atoms with Gasteiger partial charge in [-0.2, -0.15) is 10.2 Å². The topological polar surface area (TPSA) is 35.0 Å². The molecule has 1 unspecified atom stereocenters. The van der Waals surface area contributed by atoms with Gasteiger partial charge in [0.15, 0.2) is 0 Å². The molecule has 0 amide bonds. The van der Waals surface area contributed by atoms with Crippen LogP contribution in [-0.4, -0.2) is 16.8 Å². The molecule has 1 aromatic heterocycles. The predicted molar refractivity (Wildman–Crippen MR) is 40.1 cm³/mol. The molecule has 0 fully saturated rings. The number of nitrogens with zero attached hydrogens (tertiary/aromatic N) is 2. The van der Waals surface area contributed by atoms with Crippen molar-refractivity contribution in [3.8, 4) is 0 Å². The summed E-state index contributed by atoms with van der Waals surface area (Å²) < 4.78 is 5.34. The Bertz CT molecular complexity index is 262. The third kappa shape index (κ3) is 1.12. The van der Waals surface area contributed by atoms with E-state index in [0.29, 0.717) is 12.5 Å².